The lowest BCUT2D eigenvalue weighted by molar-refractivity contribution is 0.0125. The zero-order valence-electron chi connectivity index (χ0n) is 6.24. The van der Waals surface area contributed by atoms with Crippen molar-refractivity contribution < 1.29 is 14.9 Å². The molecule has 0 bridgehead atoms. The number of nitrogens with zero attached hydrogens (tertiary/aromatic N) is 3. The lowest BCUT2D eigenvalue weighted by Crippen LogP contribution is -2.31. The van der Waals surface area contributed by atoms with Crippen LogP contribution in [0.5, 0.6) is 0 Å². The molecule has 6 heteroatoms. The number of azide groups is 1. The highest BCUT2D eigenvalue weighted by Gasteiger charge is 2.40. The summed E-state index contributed by atoms with van der Waals surface area (Å²) in [6.45, 7) is 4.97. The molecule has 0 saturated carbocycles. The van der Waals surface area contributed by atoms with Crippen LogP contribution in [0.2, 0.25) is 0 Å². The van der Waals surface area contributed by atoms with Crippen molar-refractivity contribution in [2.45, 2.75) is 24.4 Å². The molecule has 2 N–H and O–H groups in total. The van der Waals surface area contributed by atoms with Gasteiger partial charge in [-0.3, -0.25) is 0 Å². The van der Waals surface area contributed by atoms with Crippen molar-refractivity contribution >= 4 is 0 Å². The molecule has 0 spiro atoms. The molecule has 0 aromatic carbocycles. The Kier molecular flexibility index (Phi) is 2.88. The number of ether oxygens (including phenoxy) is 1. The third kappa shape index (κ3) is 1.51. The van der Waals surface area contributed by atoms with Crippen LogP contribution < -0.4 is 0 Å². The summed E-state index contributed by atoms with van der Waals surface area (Å²) in [6.07, 6.45) is -2.64. The van der Waals surface area contributed by atoms with Crippen molar-refractivity contribution in [3.05, 3.63) is 17.4 Å². The summed E-state index contributed by atoms with van der Waals surface area (Å²) in [5.41, 5.74) is 8.11. The molecular formula is C6H9N3O3. The maximum Gasteiger partial charge on any atom is 0.0943 e. The average molecular weight is 171 g/mol. The van der Waals surface area contributed by atoms with Crippen molar-refractivity contribution in [1.82, 2.24) is 0 Å². The van der Waals surface area contributed by atoms with Gasteiger partial charge in [-0.2, -0.15) is 0 Å². The first-order valence-electron chi connectivity index (χ1n) is 3.45. The van der Waals surface area contributed by atoms with Gasteiger partial charge in [-0.25, -0.2) is 0 Å². The minimum absolute atomic E-state index is 0.325. The zero-order valence-corrected chi connectivity index (χ0v) is 6.24. The van der Waals surface area contributed by atoms with Crippen LogP contribution in [-0.4, -0.2) is 41.2 Å². The van der Waals surface area contributed by atoms with Crippen molar-refractivity contribution in [1.29, 1.82) is 0 Å². The first-order valence-corrected chi connectivity index (χ1v) is 3.45. The summed E-state index contributed by atoms with van der Waals surface area (Å²) in [5.74, 6) is 0. The molecule has 66 valence electrons. The summed E-state index contributed by atoms with van der Waals surface area (Å²) in [5, 5.41) is 21.3. The zero-order chi connectivity index (χ0) is 9.14. The molecule has 2 radical (unpaired) electrons. The van der Waals surface area contributed by atoms with Crippen LogP contribution >= 0.6 is 0 Å². The number of rotatable bonds is 2. The van der Waals surface area contributed by atoms with Gasteiger partial charge in [0, 0.05) is 4.91 Å². The second-order valence-electron chi connectivity index (χ2n) is 2.51. The van der Waals surface area contributed by atoms with E-state index in [-0.39, 0.29) is 6.61 Å². The van der Waals surface area contributed by atoms with Gasteiger partial charge in [-0.15, -0.1) is 0 Å². The summed E-state index contributed by atoms with van der Waals surface area (Å²) in [6, 6.07) is -0.796. The van der Waals surface area contributed by atoms with Crippen molar-refractivity contribution in [3.8, 4) is 0 Å². The first-order chi connectivity index (χ1) is 5.70. The molecule has 1 saturated heterocycles. The van der Waals surface area contributed by atoms with Crippen LogP contribution in [0.25, 0.3) is 10.4 Å². The molecule has 0 aromatic heterocycles. The van der Waals surface area contributed by atoms with Crippen molar-refractivity contribution in [2.75, 3.05) is 6.61 Å². The van der Waals surface area contributed by atoms with Gasteiger partial charge < -0.3 is 14.9 Å². The van der Waals surface area contributed by atoms with Gasteiger partial charge in [0.1, 0.15) is 0 Å². The van der Waals surface area contributed by atoms with E-state index in [0.717, 1.165) is 0 Å². The molecule has 1 fully saturated rings. The fourth-order valence-corrected chi connectivity index (χ4v) is 1.13. The Hall–Kier alpha value is -0.810. The number of hydrogen-bond acceptors (Lipinski definition) is 4. The van der Waals surface area contributed by atoms with E-state index < -0.39 is 24.4 Å². The molecule has 1 heterocycles. The molecule has 6 nitrogen and oxygen atoms in total. The van der Waals surface area contributed by atoms with E-state index in [1.165, 1.54) is 0 Å². The summed E-state index contributed by atoms with van der Waals surface area (Å²) >= 11 is 0. The Morgan fingerprint density at radius 2 is 2.33 bits per heavy atom. The number of aliphatic hydroxyl groups excluding tert-OH is 2. The Morgan fingerprint density at radius 3 is 2.83 bits per heavy atom. The molecule has 0 aliphatic carbocycles. The molecule has 4 atom stereocenters. The Balaban J connectivity index is 2.72. The molecule has 0 aromatic rings. The van der Waals surface area contributed by atoms with Crippen LogP contribution in [-0.2, 0) is 4.74 Å². The summed E-state index contributed by atoms with van der Waals surface area (Å²) in [4.78, 5) is 2.52. The van der Waals surface area contributed by atoms with Crippen molar-refractivity contribution in [3.63, 3.8) is 0 Å². The Bertz CT molecular complexity index is 204. The van der Waals surface area contributed by atoms with E-state index in [9.17, 15) is 5.11 Å². The lowest BCUT2D eigenvalue weighted by atomic mass is 10.1. The predicted octanol–water partition coefficient (Wildman–Crippen LogP) is -0.503. The monoisotopic (exact) mass is 171 g/mol. The molecule has 12 heavy (non-hydrogen) atoms. The van der Waals surface area contributed by atoms with Crippen LogP contribution in [0.4, 0.5) is 0 Å². The minimum atomic E-state index is -1.04. The van der Waals surface area contributed by atoms with Crippen LogP contribution in [0.3, 0.4) is 0 Å². The maximum atomic E-state index is 9.26. The second kappa shape index (κ2) is 3.73. The van der Waals surface area contributed by atoms with E-state index in [2.05, 4.69) is 10.0 Å². The fourth-order valence-electron chi connectivity index (χ4n) is 1.13. The minimum Gasteiger partial charge on any atom is -0.394 e. The van der Waals surface area contributed by atoms with Gasteiger partial charge in [0.2, 0.25) is 0 Å². The smallest absolute Gasteiger partial charge is 0.0943 e. The van der Waals surface area contributed by atoms with E-state index in [1.54, 1.807) is 0 Å². The standard InChI is InChI=1S/C6H9N3O3/c1-3-6(11)5(8-9-7)4(2-10)12-3/h1,3-6,10-11H,2H2/t3?,4-,5+,6?/m1/s1. The second-order valence-corrected chi connectivity index (χ2v) is 2.51. The van der Waals surface area contributed by atoms with Gasteiger partial charge in [0.15, 0.2) is 0 Å². The highest BCUT2D eigenvalue weighted by molar-refractivity contribution is 4.96. The Labute approximate surface area is 69.4 Å². The summed E-state index contributed by atoms with van der Waals surface area (Å²) < 4.78 is 4.90. The van der Waals surface area contributed by atoms with Gasteiger partial charge in [0.25, 0.3) is 0 Å². The normalized spacial score (nSPS) is 40.9. The third-order valence-electron chi connectivity index (χ3n) is 1.76. The van der Waals surface area contributed by atoms with Crippen LogP contribution in [0, 0.1) is 6.92 Å². The van der Waals surface area contributed by atoms with Crippen LogP contribution in [0.15, 0.2) is 5.11 Å². The lowest BCUT2D eigenvalue weighted by Gasteiger charge is -2.11. The molecule has 1 rings (SSSR count). The van der Waals surface area contributed by atoms with E-state index in [0.29, 0.717) is 0 Å². The van der Waals surface area contributed by atoms with Crippen molar-refractivity contribution in [2.24, 2.45) is 5.11 Å². The fraction of sp³-hybridized carbons (Fsp3) is 0.833. The predicted molar refractivity (Wildman–Crippen MR) is 39.0 cm³/mol. The number of aliphatic hydroxyl groups is 2. The SMILES string of the molecule is [CH]C1O[C@H](CO)[C@H](N=[N+]=[N-])C1O. The molecule has 1 aliphatic heterocycles. The maximum absolute atomic E-state index is 9.26. The average Bonchev–Trinajstić information content (AvgIpc) is 2.33. The van der Waals surface area contributed by atoms with E-state index >= 15 is 0 Å². The largest absolute Gasteiger partial charge is 0.394 e. The molecule has 0 amide bonds. The van der Waals surface area contributed by atoms with E-state index in [1.807, 2.05) is 0 Å². The van der Waals surface area contributed by atoms with Gasteiger partial charge >= 0.3 is 0 Å². The van der Waals surface area contributed by atoms with Gasteiger partial charge in [0.05, 0.1) is 31.0 Å². The Morgan fingerprint density at radius 1 is 1.67 bits per heavy atom. The highest BCUT2D eigenvalue weighted by Crippen LogP contribution is 2.23. The van der Waals surface area contributed by atoms with Crippen LogP contribution in [0.1, 0.15) is 0 Å². The quantitative estimate of drug-likeness (QED) is 0.332. The topological polar surface area (TPSA) is 98.5 Å². The highest BCUT2D eigenvalue weighted by atomic mass is 16.5. The van der Waals surface area contributed by atoms with Gasteiger partial charge in [-0.1, -0.05) is 5.11 Å². The summed E-state index contributed by atoms with van der Waals surface area (Å²) in [7, 11) is 0. The van der Waals surface area contributed by atoms with Gasteiger partial charge in [-0.05, 0) is 12.5 Å². The first kappa shape index (κ1) is 9.28. The number of hydrogen-bond donors (Lipinski definition) is 2. The van der Waals surface area contributed by atoms with E-state index in [4.69, 9.17) is 22.3 Å². The third-order valence-corrected chi connectivity index (χ3v) is 1.76. The molecule has 1 aliphatic rings. The molecular weight excluding hydrogens is 162 g/mol. The molecule has 2 unspecified atom stereocenters.